The molecular weight excluding hydrogens is 388 g/mol. The molecule has 0 heterocycles. The molecule has 156 valence electrons. The van der Waals surface area contributed by atoms with Gasteiger partial charge in [-0.25, -0.2) is 4.79 Å². The van der Waals surface area contributed by atoms with Crippen LogP contribution in [-0.4, -0.2) is 39.3 Å². The lowest BCUT2D eigenvalue weighted by Crippen LogP contribution is -2.31. The zero-order valence-electron chi connectivity index (χ0n) is 16.1. The maximum absolute atomic E-state index is 12.4. The number of hydrogen-bond acceptors (Lipinski definition) is 6. The molecule has 2 aromatic rings. The molecule has 0 fully saturated rings. The number of methoxy groups -OCH3 is 2. The number of alkyl halides is 2. The van der Waals surface area contributed by atoms with E-state index in [9.17, 15) is 18.4 Å². The minimum Gasteiger partial charge on any atom is -0.496 e. The number of nitrogens with one attached hydrogen (secondary N) is 1. The van der Waals surface area contributed by atoms with Crippen LogP contribution in [0.3, 0.4) is 0 Å². The van der Waals surface area contributed by atoms with Gasteiger partial charge in [0.2, 0.25) is 0 Å². The van der Waals surface area contributed by atoms with Crippen LogP contribution in [0.25, 0.3) is 0 Å². The van der Waals surface area contributed by atoms with E-state index in [1.807, 2.05) is 18.2 Å². The molecule has 0 spiro atoms. The van der Waals surface area contributed by atoms with Crippen molar-refractivity contribution < 1.29 is 37.3 Å². The van der Waals surface area contributed by atoms with Crippen LogP contribution < -0.4 is 19.5 Å². The van der Waals surface area contributed by atoms with Crippen LogP contribution in [0, 0.1) is 0 Å². The van der Waals surface area contributed by atoms with E-state index in [0.29, 0.717) is 5.75 Å². The SMILES string of the molecule is COc1cc(C(=O)OCC(=O)NC(C)c2ccccc2OC)ccc1OC(F)F. The van der Waals surface area contributed by atoms with Crippen LogP contribution >= 0.6 is 0 Å². The van der Waals surface area contributed by atoms with Gasteiger partial charge in [-0.3, -0.25) is 4.79 Å². The van der Waals surface area contributed by atoms with E-state index in [-0.39, 0.29) is 23.1 Å². The van der Waals surface area contributed by atoms with E-state index in [1.54, 1.807) is 13.0 Å². The zero-order chi connectivity index (χ0) is 21.4. The van der Waals surface area contributed by atoms with Crippen LogP contribution in [0.4, 0.5) is 8.78 Å². The number of ether oxygens (including phenoxy) is 4. The number of esters is 1. The Bertz CT molecular complexity index is 859. The van der Waals surface area contributed by atoms with E-state index >= 15 is 0 Å². The minimum atomic E-state index is -3.03. The summed E-state index contributed by atoms with van der Waals surface area (Å²) in [5, 5.41) is 2.71. The predicted octanol–water partition coefficient (Wildman–Crippen LogP) is 3.34. The zero-order valence-corrected chi connectivity index (χ0v) is 16.1. The fourth-order valence-electron chi connectivity index (χ4n) is 2.59. The van der Waals surface area contributed by atoms with Crippen LogP contribution in [-0.2, 0) is 9.53 Å². The highest BCUT2D eigenvalue weighted by molar-refractivity contribution is 5.92. The molecule has 0 radical (unpaired) electrons. The number of amides is 1. The Kier molecular flexibility index (Phi) is 7.76. The van der Waals surface area contributed by atoms with E-state index in [1.165, 1.54) is 26.4 Å². The standard InChI is InChI=1S/C20H21F2NO6/c1-12(14-6-4-5-7-15(14)26-2)23-18(24)11-28-19(25)13-8-9-16(29-20(21)22)17(10-13)27-3/h4-10,12,20H,11H2,1-3H3,(H,23,24). The second-order valence-electron chi connectivity index (χ2n) is 5.85. The Balaban J connectivity index is 1.95. The Hall–Kier alpha value is -3.36. The van der Waals surface area contributed by atoms with Gasteiger partial charge in [0.1, 0.15) is 5.75 Å². The summed E-state index contributed by atoms with van der Waals surface area (Å²) in [4.78, 5) is 24.2. The summed E-state index contributed by atoms with van der Waals surface area (Å²) in [6, 6.07) is 10.4. The molecule has 1 amide bonds. The molecule has 0 bridgehead atoms. The summed E-state index contributed by atoms with van der Waals surface area (Å²) in [5.74, 6) is -0.986. The van der Waals surface area contributed by atoms with Gasteiger partial charge < -0.3 is 24.3 Å². The van der Waals surface area contributed by atoms with Gasteiger partial charge in [-0.15, -0.1) is 0 Å². The molecule has 1 atom stereocenters. The van der Waals surface area contributed by atoms with Gasteiger partial charge in [0, 0.05) is 5.56 Å². The molecule has 0 aromatic heterocycles. The monoisotopic (exact) mass is 409 g/mol. The van der Waals surface area contributed by atoms with Gasteiger partial charge >= 0.3 is 12.6 Å². The lowest BCUT2D eigenvalue weighted by atomic mass is 10.1. The molecule has 0 saturated heterocycles. The van der Waals surface area contributed by atoms with Crippen molar-refractivity contribution >= 4 is 11.9 Å². The first-order chi connectivity index (χ1) is 13.8. The summed E-state index contributed by atoms with van der Waals surface area (Å²) >= 11 is 0. The fraction of sp³-hybridized carbons (Fsp3) is 0.300. The van der Waals surface area contributed by atoms with Gasteiger partial charge in [0.15, 0.2) is 18.1 Å². The fourth-order valence-corrected chi connectivity index (χ4v) is 2.59. The average Bonchev–Trinajstić information content (AvgIpc) is 2.71. The number of hydrogen-bond donors (Lipinski definition) is 1. The summed E-state index contributed by atoms with van der Waals surface area (Å²) in [5.41, 5.74) is 0.795. The minimum absolute atomic E-state index is 0.0223. The second kappa shape index (κ2) is 10.3. The summed E-state index contributed by atoms with van der Waals surface area (Å²) in [6.07, 6.45) is 0. The highest BCUT2D eigenvalue weighted by atomic mass is 19.3. The molecule has 7 nitrogen and oxygen atoms in total. The Morgan fingerprint density at radius 3 is 2.34 bits per heavy atom. The average molecular weight is 409 g/mol. The Morgan fingerprint density at radius 2 is 1.69 bits per heavy atom. The van der Waals surface area contributed by atoms with Gasteiger partial charge in [0.05, 0.1) is 25.8 Å². The predicted molar refractivity (Wildman–Crippen MR) is 99.5 cm³/mol. The number of carbonyl (C=O) groups is 2. The molecule has 1 unspecified atom stereocenters. The summed E-state index contributed by atoms with van der Waals surface area (Å²) in [7, 11) is 2.77. The lowest BCUT2D eigenvalue weighted by Gasteiger charge is -2.17. The van der Waals surface area contributed by atoms with Crippen LogP contribution in [0.1, 0.15) is 28.9 Å². The first-order valence-electron chi connectivity index (χ1n) is 8.58. The van der Waals surface area contributed by atoms with E-state index in [2.05, 4.69) is 10.1 Å². The molecule has 2 aromatic carbocycles. The van der Waals surface area contributed by atoms with Gasteiger partial charge in [-0.1, -0.05) is 18.2 Å². The van der Waals surface area contributed by atoms with Gasteiger partial charge in [-0.05, 0) is 31.2 Å². The van der Waals surface area contributed by atoms with Crippen molar-refractivity contribution in [1.29, 1.82) is 0 Å². The summed E-state index contributed by atoms with van der Waals surface area (Å²) in [6.45, 7) is -1.78. The first kappa shape index (κ1) is 21.9. The number of benzene rings is 2. The topological polar surface area (TPSA) is 83.1 Å². The Morgan fingerprint density at radius 1 is 1.00 bits per heavy atom. The molecular formula is C20H21F2NO6. The maximum atomic E-state index is 12.4. The molecule has 2 rings (SSSR count). The molecule has 0 aliphatic heterocycles. The van der Waals surface area contributed by atoms with Crippen molar-refractivity contribution in [3.63, 3.8) is 0 Å². The van der Waals surface area contributed by atoms with Crippen molar-refractivity contribution in [3.8, 4) is 17.2 Å². The van der Waals surface area contributed by atoms with E-state index in [0.717, 1.165) is 11.6 Å². The molecule has 0 saturated carbocycles. The molecule has 0 aliphatic rings. The third kappa shape index (κ3) is 6.06. The molecule has 0 aliphatic carbocycles. The third-order valence-corrected chi connectivity index (χ3v) is 3.93. The van der Waals surface area contributed by atoms with Gasteiger partial charge in [0.25, 0.3) is 5.91 Å². The van der Waals surface area contributed by atoms with Crippen LogP contribution in [0.15, 0.2) is 42.5 Å². The number of carbonyl (C=O) groups excluding carboxylic acids is 2. The van der Waals surface area contributed by atoms with Crippen molar-refractivity contribution in [2.75, 3.05) is 20.8 Å². The van der Waals surface area contributed by atoms with Crippen LogP contribution in [0.2, 0.25) is 0 Å². The summed E-state index contributed by atoms with van der Waals surface area (Å²) < 4.78 is 44.2. The largest absolute Gasteiger partial charge is 0.496 e. The number of para-hydroxylation sites is 1. The second-order valence-corrected chi connectivity index (χ2v) is 5.85. The van der Waals surface area contributed by atoms with Crippen molar-refractivity contribution in [3.05, 3.63) is 53.6 Å². The Labute approximate surface area is 166 Å². The van der Waals surface area contributed by atoms with Crippen molar-refractivity contribution in [2.24, 2.45) is 0 Å². The highest BCUT2D eigenvalue weighted by Crippen LogP contribution is 2.29. The highest BCUT2D eigenvalue weighted by Gasteiger charge is 2.18. The number of rotatable bonds is 9. The third-order valence-electron chi connectivity index (χ3n) is 3.93. The lowest BCUT2D eigenvalue weighted by molar-refractivity contribution is -0.124. The number of halogens is 2. The van der Waals surface area contributed by atoms with Crippen molar-refractivity contribution in [2.45, 2.75) is 19.6 Å². The molecule has 9 heteroatoms. The molecule has 29 heavy (non-hydrogen) atoms. The van der Waals surface area contributed by atoms with E-state index < -0.39 is 25.1 Å². The van der Waals surface area contributed by atoms with Crippen molar-refractivity contribution in [1.82, 2.24) is 5.32 Å². The molecule has 1 N–H and O–H groups in total. The first-order valence-corrected chi connectivity index (χ1v) is 8.58. The smallest absolute Gasteiger partial charge is 0.387 e. The quantitative estimate of drug-likeness (QED) is 0.640. The van der Waals surface area contributed by atoms with Gasteiger partial charge in [-0.2, -0.15) is 8.78 Å². The van der Waals surface area contributed by atoms with Crippen LogP contribution in [0.5, 0.6) is 17.2 Å². The maximum Gasteiger partial charge on any atom is 0.387 e. The van der Waals surface area contributed by atoms with E-state index in [4.69, 9.17) is 14.2 Å². The normalized spacial score (nSPS) is 11.5.